The lowest BCUT2D eigenvalue weighted by atomic mass is 10.1. The van der Waals surface area contributed by atoms with E-state index in [1.807, 2.05) is 0 Å². The number of carbonyl (C=O) groups is 1. The minimum Gasteiger partial charge on any atom is -0.493 e. The SMILES string of the molecule is COc1cc(-c2n[nH]nc2C(N)=O)ccc1OCc1c(F)cccc1Cl. The van der Waals surface area contributed by atoms with Gasteiger partial charge in [0.2, 0.25) is 0 Å². The van der Waals surface area contributed by atoms with Gasteiger partial charge in [0.05, 0.1) is 12.1 Å². The molecule has 134 valence electrons. The second-order valence-corrected chi connectivity index (χ2v) is 5.65. The van der Waals surface area contributed by atoms with Gasteiger partial charge in [0, 0.05) is 11.1 Å². The van der Waals surface area contributed by atoms with Crippen molar-refractivity contribution in [1.29, 1.82) is 0 Å². The van der Waals surface area contributed by atoms with Gasteiger partial charge in [-0.3, -0.25) is 4.79 Å². The molecule has 9 heteroatoms. The minimum atomic E-state index is -0.706. The number of aromatic nitrogens is 3. The van der Waals surface area contributed by atoms with Crippen molar-refractivity contribution in [2.75, 3.05) is 7.11 Å². The molecule has 3 aromatic rings. The highest BCUT2D eigenvalue weighted by atomic mass is 35.5. The number of hydrogen-bond acceptors (Lipinski definition) is 5. The first-order valence-corrected chi connectivity index (χ1v) is 7.83. The Hall–Kier alpha value is -3.13. The van der Waals surface area contributed by atoms with Crippen LogP contribution in [0, 0.1) is 5.82 Å². The van der Waals surface area contributed by atoms with Crippen molar-refractivity contribution in [2.24, 2.45) is 5.73 Å². The number of halogens is 2. The van der Waals surface area contributed by atoms with Gasteiger partial charge in [-0.15, -0.1) is 0 Å². The monoisotopic (exact) mass is 376 g/mol. The highest BCUT2D eigenvalue weighted by Crippen LogP contribution is 2.33. The number of nitrogens with two attached hydrogens (primary N) is 1. The maximum Gasteiger partial charge on any atom is 0.271 e. The lowest BCUT2D eigenvalue weighted by molar-refractivity contribution is 0.0996. The molecule has 0 radical (unpaired) electrons. The molecule has 26 heavy (non-hydrogen) atoms. The number of hydrogen-bond donors (Lipinski definition) is 2. The number of ether oxygens (including phenoxy) is 2. The summed E-state index contributed by atoms with van der Waals surface area (Å²) < 4.78 is 24.8. The molecule has 0 saturated heterocycles. The van der Waals surface area contributed by atoms with E-state index in [2.05, 4.69) is 15.4 Å². The standard InChI is InChI=1S/C17H14ClFN4O3/c1-25-14-7-9(15-16(17(20)24)22-23-21-15)5-6-13(14)26-8-10-11(18)3-2-4-12(10)19/h2-7H,8H2,1H3,(H2,20,24)(H,21,22,23). The van der Waals surface area contributed by atoms with E-state index in [0.717, 1.165) is 0 Å². The van der Waals surface area contributed by atoms with Crippen LogP contribution in [-0.4, -0.2) is 28.4 Å². The van der Waals surface area contributed by atoms with Crippen molar-refractivity contribution in [3.63, 3.8) is 0 Å². The topological polar surface area (TPSA) is 103 Å². The Kier molecular flexibility index (Phi) is 5.04. The van der Waals surface area contributed by atoms with Crippen LogP contribution in [0.2, 0.25) is 5.02 Å². The molecule has 0 aliphatic rings. The summed E-state index contributed by atoms with van der Waals surface area (Å²) in [4.78, 5) is 11.4. The van der Waals surface area contributed by atoms with E-state index < -0.39 is 11.7 Å². The van der Waals surface area contributed by atoms with Crippen molar-refractivity contribution in [1.82, 2.24) is 15.4 Å². The maximum atomic E-state index is 13.8. The summed E-state index contributed by atoms with van der Waals surface area (Å²) >= 11 is 6.00. The Balaban J connectivity index is 1.88. The van der Waals surface area contributed by atoms with Crippen LogP contribution in [0.25, 0.3) is 11.3 Å². The number of H-pyrrole nitrogens is 1. The molecule has 3 rings (SSSR count). The molecule has 1 aromatic heterocycles. The Morgan fingerprint density at radius 2 is 2.08 bits per heavy atom. The van der Waals surface area contributed by atoms with Crippen LogP contribution in [0.4, 0.5) is 4.39 Å². The second kappa shape index (κ2) is 7.40. The van der Waals surface area contributed by atoms with Crippen LogP contribution in [-0.2, 0) is 6.61 Å². The van der Waals surface area contributed by atoms with Crippen molar-refractivity contribution < 1.29 is 18.7 Å². The third-order valence-electron chi connectivity index (χ3n) is 3.65. The summed E-state index contributed by atoms with van der Waals surface area (Å²) in [6.45, 7) is -0.0717. The fraction of sp³-hybridized carbons (Fsp3) is 0.118. The number of carbonyl (C=O) groups excluding carboxylic acids is 1. The Labute approximate surface area is 152 Å². The molecule has 0 aliphatic heterocycles. The van der Waals surface area contributed by atoms with Gasteiger partial charge in [-0.25, -0.2) is 4.39 Å². The van der Waals surface area contributed by atoms with Gasteiger partial charge in [-0.2, -0.15) is 15.4 Å². The molecule has 0 saturated carbocycles. The van der Waals surface area contributed by atoms with Crippen molar-refractivity contribution in [3.8, 4) is 22.8 Å². The molecule has 0 unspecified atom stereocenters. The summed E-state index contributed by atoms with van der Waals surface area (Å²) in [6.07, 6.45) is 0. The normalized spacial score (nSPS) is 10.6. The average molecular weight is 377 g/mol. The zero-order valence-corrected chi connectivity index (χ0v) is 14.4. The highest BCUT2D eigenvalue weighted by Gasteiger charge is 2.17. The molecular weight excluding hydrogens is 363 g/mol. The van der Waals surface area contributed by atoms with E-state index in [9.17, 15) is 9.18 Å². The quantitative estimate of drug-likeness (QED) is 0.688. The van der Waals surface area contributed by atoms with Crippen LogP contribution in [0.3, 0.4) is 0 Å². The Morgan fingerprint density at radius 1 is 1.27 bits per heavy atom. The van der Waals surface area contributed by atoms with Crippen molar-refractivity contribution in [3.05, 3.63) is 58.5 Å². The smallest absolute Gasteiger partial charge is 0.271 e. The summed E-state index contributed by atoms with van der Waals surface area (Å²) in [5.41, 5.74) is 6.38. The van der Waals surface area contributed by atoms with Crippen LogP contribution >= 0.6 is 11.6 Å². The number of nitrogens with one attached hydrogen (secondary N) is 1. The van der Waals surface area contributed by atoms with Crippen molar-refractivity contribution in [2.45, 2.75) is 6.61 Å². The molecule has 7 nitrogen and oxygen atoms in total. The lowest BCUT2D eigenvalue weighted by Crippen LogP contribution is -2.12. The van der Waals surface area contributed by atoms with E-state index in [1.165, 1.54) is 19.2 Å². The largest absolute Gasteiger partial charge is 0.493 e. The predicted molar refractivity (Wildman–Crippen MR) is 92.6 cm³/mol. The van der Waals surface area contributed by atoms with Gasteiger partial charge in [-0.05, 0) is 30.3 Å². The fourth-order valence-corrected chi connectivity index (χ4v) is 2.58. The molecule has 0 fully saturated rings. The summed E-state index contributed by atoms with van der Waals surface area (Å²) in [6, 6.07) is 9.29. The zero-order valence-electron chi connectivity index (χ0n) is 13.6. The highest BCUT2D eigenvalue weighted by molar-refractivity contribution is 6.31. The lowest BCUT2D eigenvalue weighted by Gasteiger charge is -2.13. The van der Waals surface area contributed by atoms with Gasteiger partial charge >= 0.3 is 0 Å². The summed E-state index contributed by atoms with van der Waals surface area (Å²) in [5.74, 6) is -0.419. The average Bonchev–Trinajstić information content (AvgIpc) is 3.11. The predicted octanol–water partition coefficient (Wildman–Crippen LogP) is 2.95. The molecule has 1 amide bonds. The van der Waals surface area contributed by atoms with E-state index in [4.69, 9.17) is 26.8 Å². The number of nitrogens with zero attached hydrogens (tertiary/aromatic N) is 2. The molecule has 1 heterocycles. The third kappa shape index (κ3) is 3.45. The van der Waals surface area contributed by atoms with Crippen LogP contribution in [0.5, 0.6) is 11.5 Å². The molecule has 0 bridgehead atoms. The number of benzene rings is 2. The fourth-order valence-electron chi connectivity index (χ4n) is 2.36. The van der Waals surface area contributed by atoms with E-state index in [-0.39, 0.29) is 22.9 Å². The zero-order chi connectivity index (χ0) is 18.7. The van der Waals surface area contributed by atoms with Crippen LogP contribution in [0.15, 0.2) is 36.4 Å². The van der Waals surface area contributed by atoms with Crippen LogP contribution in [0.1, 0.15) is 16.1 Å². The summed E-state index contributed by atoms with van der Waals surface area (Å²) in [5, 5.41) is 10.3. The molecule has 0 spiro atoms. The van der Waals surface area contributed by atoms with Gasteiger partial charge < -0.3 is 15.2 Å². The number of methoxy groups -OCH3 is 1. The third-order valence-corrected chi connectivity index (χ3v) is 4.01. The van der Waals surface area contributed by atoms with Gasteiger partial charge in [0.1, 0.15) is 18.1 Å². The van der Waals surface area contributed by atoms with E-state index in [0.29, 0.717) is 22.8 Å². The number of aromatic amines is 1. The van der Waals surface area contributed by atoms with Crippen LogP contribution < -0.4 is 15.2 Å². The van der Waals surface area contributed by atoms with Gasteiger partial charge in [0.15, 0.2) is 17.2 Å². The van der Waals surface area contributed by atoms with Gasteiger partial charge in [-0.1, -0.05) is 17.7 Å². The first-order chi connectivity index (χ1) is 12.5. The molecule has 0 aliphatic carbocycles. The molecule has 2 aromatic carbocycles. The summed E-state index contributed by atoms with van der Waals surface area (Å²) in [7, 11) is 1.46. The van der Waals surface area contributed by atoms with E-state index in [1.54, 1.807) is 24.3 Å². The van der Waals surface area contributed by atoms with Crippen molar-refractivity contribution >= 4 is 17.5 Å². The molecule has 3 N–H and O–H groups in total. The van der Waals surface area contributed by atoms with Gasteiger partial charge in [0.25, 0.3) is 5.91 Å². The Morgan fingerprint density at radius 3 is 2.77 bits per heavy atom. The minimum absolute atomic E-state index is 0.0128. The Bertz CT molecular complexity index is 941. The maximum absolute atomic E-state index is 13.8. The van der Waals surface area contributed by atoms with E-state index >= 15 is 0 Å². The molecular formula is C17H14ClFN4O3. The first kappa shape index (κ1) is 17.7. The molecule has 0 atom stereocenters. The number of rotatable bonds is 6. The number of primary amides is 1. The number of amides is 1. The second-order valence-electron chi connectivity index (χ2n) is 5.24. The first-order valence-electron chi connectivity index (χ1n) is 7.46.